The summed E-state index contributed by atoms with van der Waals surface area (Å²) in [6.07, 6.45) is 4.23. The van der Waals surface area contributed by atoms with Crippen LogP contribution in [0.25, 0.3) is 5.57 Å². The van der Waals surface area contributed by atoms with E-state index in [0.29, 0.717) is 16.7 Å². The highest BCUT2D eigenvalue weighted by Crippen LogP contribution is 2.24. The van der Waals surface area contributed by atoms with Gasteiger partial charge in [-0.2, -0.15) is 5.26 Å². The van der Waals surface area contributed by atoms with Crippen molar-refractivity contribution in [1.29, 1.82) is 5.26 Å². The number of rotatable bonds is 2. The smallest absolute Gasteiger partial charge is 0.338 e. The highest BCUT2D eigenvalue weighted by molar-refractivity contribution is 6.25. The molecule has 0 amide bonds. The maximum Gasteiger partial charge on any atom is 0.338 e. The van der Waals surface area contributed by atoms with Gasteiger partial charge >= 0.3 is 5.97 Å². The molecule has 0 bridgehead atoms. The quantitative estimate of drug-likeness (QED) is 0.488. The number of oxime groups is 1. The van der Waals surface area contributed by atoms with Crippen LogP contribution in [0.1, 0.15) is 5.56 Å². The van der Waals surface area contributed by atoms with Crippen LogP contribution in [0.3, 0.4) is 0 Å². The monoisotopic (exact) mass is 266 g/mol. The topological polar surface area (TPSA) is 93.7 Å². The normalized spacial score (nSPS) is 18.4. The van der Waals surface area contributed by atoms with Gasteiger partial charge in [-0.25, -0.2) is 4.79 Å². The molecule has 1 aliphatic rings. The summed E-state index contributed by atoms with van der Waals surface area (Å²) in [5.41, 5.74) is 1.31. The van der Waals surface area contributed by atoms with Crippen molar-refractivity contribution in [3.8, 4) is 6.07 Å². The fraction of sp³-hybridized carbons (Fsp3) is 0. The molecule has 0 aromatic heterocycles. The van der Waals surface area contributed by atoms with Crippen LogP contribution in [0.2, 0.25) is 0 Å². The van der Waals surface area contributed by atoms with Gasteiger partial charge in [-0.3, -0.25) is 0 Å². The van der Waals surface area contributed by atoms with Crippen LogP contribution in [0.4, 0.5) is 0 Å². The van der Waals surface area contributed by atoms with Gasteiger partial charge in [0.15, 0.2) is 0 Å². The number of benzene rings is 1. The lowest BCUT2D eigenvalue weighted by Crippen LogP contribution is -2.13. The van der Waals surface area contributed by atoms with Crippen molar-refractivity contribution in [2.75, 3.05) is 0 Å². The maximum absolute atomic E-state index is 11.1. The summed E-state index contributed by atoms with van der Waals surface area (Å²) in [5, 5.41) is 30.0. The fourth-order valence-corrected chi connectivity index (χ4v) is 1.85. The molecule has 0 unspecified atom stereocenters. The van der Waals surface area contributed by atoms with Crippen LogP contribution in [0.5, 0.6) is 0 Å². The van der Waals surface area contributed by atoms with Crippen molar-refractivity contribution < 1.29 is 15.1 Å². The van der Waals surface area contributed by atoms with Crippen molar-refractivity contribution in [2.24, 2.45) is 5.16 Å². The maximum atomic E-state index is 11.1. The fourth-order valence-electron chi connectivity index (χ4n) is 1.85. The van der Waals surface area contributed by atoms with Gasteiger partial charge in [-0.05, 0) is 23.3 Å². The van der Waals surface area contributed by atoms with E-state index in [9.17, 15) is 10.1 Å². The Bertz CT molecular complexity index is 704. The predicted molar refractivity (Wildman–Crippen MR) is 73.1 cm³/mol. The molecule has 2 rings (SSSR count). The number of hydrogen-bond donors (Lipinski definition) is 2. The minimum atomic E-state index is -1.22. The van der Waals surface area contributed by atoms with E-state index in [1.54, 1.807) is 30.3 Å². The Labute approximate surface area is 115 Å². The zero-order chi connectivity index (χ0) is 14.5. The first-order valence-corrected chi connectivity index (χ1v) is 5.72. The van der Waals surface area contributed by atoms with Crippen molar-refractivity contribution in [2.45, 2.75) is 0 Å². The molecule has 5 nitrogen and oxygen atoms in total. The molecule has 0 radical (unpaired) electrons. The van der Waals surface area contributed by atoms with Gasteiger partial charge in [0.2, 0.25) is 0 Å². The number of carboxylic acid groups (broad SMARTS) is 1. The summed E-state index contributed by atoms with van der Waals surface area (Å²) in [5.74, 6) is -1.22. The van der Waals surface area contributed by atoms with E-state index in [0.717, 1.165) is 0 Å². The second-order valence-corrected chi connectivity index (χ2v) is 3.99. The van der Waals surface area contributed by atoms with E-state index >= 15 is 0 Å². The van der Waals surface area contributed by atoms with Gasteiger partial charge in [0, 0.05) is 0 Å². The number of hydrogen-bond acceptors (Lipinski definition) is 4. The molecule has 0 spiro atoms. The van der Waals surface area contributed by atoms with Gasteiger partial charge in [0.1, 0.15) is 11.8 Å². The number of allylic oxidation sites excluding steroid dienone is 5. The molecule has 20 heavy (non-hydrogen) atoms. The molecule has 0 saturated carbocycles. The molecule has 0 fully saturated rings. The average molecular weight is 266 g/mol. The Balaban J connectivity index is 2.60. The van der Waals surface area contributed by atoms with Crippen LogP contribution in [-0.2, 0) is 4.79 Å². The van der Waals surface area contributed by atoms with Crippen LogP contribution in [-0.4, -0.2) is 22.0 Å². The van der Waals surface area contributed by atoms with Crippen molar-refractivity contribution in [3.05, 3.63) is 65.3 Å². The van der Waals surface area contributed by atoms with E-state index < -0.39 is 5.97 Å². The minimum absolute atomic E-state index is 0.0494. The second-order valence-electron chi connectivity index (χ2n) is 3.99. The highest BCUT2D eigenvalue weighted by atomic mass is 16.4. The first-order valence-electron chi connectivity index (χ1n) is 5.72. The van der Waals surface area contributed by atoms with E-state index in [1.165, 1.54) is 12.2 Å². The number of carboxylic acids is 1. The van der Waals surface area contributed by atoms with E-state index in [1.807, 2.05) is 6.07 Å². The lowest BCUT2D eigenvalue weighted by atomic mass is 9.93. The molecule has 0 atom stereocenters. The van der Waals surface area contributed by atoms with Crippen LogP contribution in [0, 0.1) is 11.3 Å². The molecule has 2 N–H and O–H groups in total. The van der Waals surface area contributed by atoms with Gasteiger partial charge < -0.3 is 10.3 Å². The molecule has 1 aromatic rings. The molecule has 0 heterocycles. The molecule has 0 aliphatic heterocycles. The van der Waals surface area contributed by atoms with Gasteiger partial charge in [0.25, 0.3) is 0 Å². The SMILES string of the molecule is N#CC(=C1C=CC(=NO)C(C(=O)O)=C1)c1ccccc1. The Hall–Kier alpha value is -3.13. The number of nitriles is 1. The first-order chi connectivity index (χ1) is 9.67. The predicted octanol–water partition coefficient (Wildman–Crippen LogP) is 2.37. The summed E-state index contributed by atoms with van der Waals surface area (Å²) in [6.45, 7) is 0. The third kappa shape index (κ3) is 2.49. The van der Waals surface area contributed by atoms with Crippen LogP contribution >= 0.6 is 0 Å². The first kappa shape index (κ1) is 13.3. The molecule has 5 heteroatoms. The summed E-state index contributed by atoms with van der Waals surface area (Å²) in [6, 6.07) is 11.0. The zero-order valence-electron chi connectivity index (χ0n) is 10.3. The standard InChI is InChI=1S/C15H10N2O3/c16-9-13(10-4-2-1-3-5-10)11-6-7-14(17-20)12(8-11)15(18)19/h1-8,20H,(H,18,19). The summed E-state index contributed by atoms with van der Waals surface area (Å²) in [4.78, 5) is 11.1. The second kappa shape index (κ2) is 5.67. The average Bonchev–Trinajstić information content (AvgIpc) is 2.49. The van der Waals surface area contributed by atoms with E-state index in [-0.39, 0.29) is 11.3 Å². The van der Waals surface area contributed by atoms with Crippen LogP contribution < -0.4 is 0 Å². The number of carbonyl (C=O) groups is 1. The van der Waals surface area contributed by atoms with Crippen molar-refractivity contribution in [1.82, 2.24) is 0 Å². The number of nitrogens with zero attached hydrogens (tertiary/aromatic N) is 2. The molecular weight excluding hydrogens is 256 g/mol. The van der Waals surface area contributed by atoms with Gasteiger partial charge in [0.05, 0.1) is 11.1 Å². The largest absolute Gasteiger partial charge is 0.478 e. The van der Waals surface area contributed by atoms with Gasteiger partial charge in [-0.15, -0.1) is 0 Å². The lowest BCUT2D eigenvalue weighted by molar-refractivity contribution is -0.132. The zero-order valence-corrected chi connectivity index (χ0v) is 10.3. The third-order valence-electron chi connectivity index (χ3n) is 2.80. The Kier molecular flexibility index (Phi) is 3.77. The molecule has 98 valence electrons. The van der Waals surface area contributed by atoms with Crippen molar-refractivity contribution >= 4 is 17.3 Å². The molecular formula is C15H10N2O3. The third-order valence-corrected chi connectivity index (χ3v) is 2.80. The minimum Gasteiger partial charge on any atom is -0.478 e. The lowest BCUT2D eigenvalue weighted by Gasteiger charge is -2.10. The van der Waals surface area contributed by atoms with Gasteiger partial charge in [-0.1, -0.05) is 41.6 Å². The van der Waals surface area contributed by atoms with Crippen LogP contribution in [0.15, 0.2) is 64.9 Å². The van der Waals surface area contributed by atoms with Crippen molar-refractivity contribution in [3.63, 3.8) is 0 Å². The summed E-state index contributed by atoms with van der Waals surface area (Å²) < 4.78 is 0. The summed E-state index contributed by atoms with van der Waals surface area (Å²) in [7, 11) is 0. The Morgan fingerprint density at radius 1 is 1.20 bits per heavy atom. The highest BCUT2D eigenvalue weighted by Gasteiger charge is 2.19. The summed E-state index contributed by atoms with van der Waals surface area (Å²) >= 11 is 0. The van der Waals surface area contributed by atoms with E-state index in [4.69, 9.17) is 10.3 Å². The molecule has 0 saturated heterocycles. The van der Waals surface area contributed by atoms with E-state index in [2.05, 4.69) is 11.2 Å². The number of aliphatic carboxylic acids is 1. The molecule has 1 aromatic carbocycles. The Morgan fingerprint density at radius 2 is 1.90 bits per heavy atom. The Morgan fingerprint density at radius 3 is 2.45 bits per heavy atom. The molecule has 1 aliphatic carbocycles.